The minimum atomic E-state index is 0.729. The molecule has 56 valence electrons. The van der Waals surface area contributed by atoms with Crippen LogP contribution in [-0.2, 0) is 0 Å². The van der Waals surface area contributed by atoms with Crippen LogP contribution in [0.5, 0.6) is 0 Å². The van der Waals surface area contributed by atoms with Crippen molar-refractivity contribution in [1.82, 2.24) is 0 Å². The van der Waals surface area contributed by atoms with Crippen LogP contribution in [-0.4, -0.2) is 0 Å². The van der Waals surface area contributed by atoms with E-state index < -0.39 is 0 Å². The summed E-state index contributed by atoms with van der Waals surface area (Å²) in [4.78, 5) is 0. The van der Waals surface area contributed by atoms with Crippen molar-refractivity contribution >= 4 is 0 Å². The first kappa shape index (κ1) is 8.95. The Morgan fingerprint density at radius 1 is 1.30 bits per heavy atom. The van der Waals surface area contributed by atoms with Gasteiger partial charge in [0.05, 0.1) is 0 Å². The van der Waals surface area contributed by atoms with E-state index in [1.165, 1.54) is 6.20 Å². The minimum Gasteiger partial charge on any atom is -0.619 e. The lowest BCUT2D eigenvalue weighted by Crippen LogP contribution is -2.28. The first-order valence-corrected chi connectivity index (χ1v) is 3.45. The van der Waals surface area contributed by atoms with Crippen LogP contribution in [0.25, 0.3) is 0 Å². The Morgan fingerprint density at radius 2 is 1.90 bits per heavy atom. The van der Waals surface area contributed by atoms with E-state index in [1.54, 1.807) is 19.1 Å². The third-order valence-corrected chi connectivity index (χ3v) is 1.02. The highest BCUT2D eigenvalue weighted by atomic mass is 16.5. The first-order valence-electron chi connectivity index (χ1n) is 3.45. The maximum atomic E-state index is 10.5. The molecule has 0 saturated heterocycles. The van der Waals surface area contributed by atoms with E-state index >= 15 is 0 Å². The zero-order valence-corrected chi connectivity index (χ0v) is 6.66. The predicted molar refractivity (Wildman–Crippen MR) is 41.5 cm³/mol. The van der Waals surface area contributed by atoms with E-state index in [0.717, 1.165) is 10.4 Å². The zero-order chi connectivity index (χ0) is 7.98. The molecule has 2 nitrogen and oxygen atoms in total. The van der Waals surface area contributed by atoms with Gasteiger partial charge >= 0.3 is 0 Å². The quantitative estimate of drug-likeness (QED) is 0.396. The SMILES string of the molecule is CC.Cc1cccc[n+]1[O-]. The van der Waals surface area contributed by atoms with Crippen molar-refractivity contribution in [2.24, 2.45) is 0 Å². The highest BCUT2D eigenvalue weighted by molar-refractivity contribution is 4.94. The lowest BCUT2D eigenvalue weighted by molar-refractivity contribution is -0.612. The van der Waals surface area contributed by atoms with Crippen LogP contribution in [0.2, 0.25) is 0 Å². The molecule has 0 aliphatic rings. The van der Waals surface area contributed by atoms with Crippen LogP contribution in [0.4, 0.5) is 0 Å². The van der Waals surface area contributed by atoms with E-state index in [1.807, 2.05) is 19.9 Å². The molecule has 10 heavy (non-hydrogen) atoms. The van der Waals surface area contributed by atoms with Gasteiger partial charge in [-0.05, 0) is 0 Å². The summed E-state index contributed by atoms with van der Waals surface area (Å²) in [6.07, 6.45) is 1.48. The minimum absolute atomic E-state index is 0.729. The molecule has 2 heteroatoms. The van der Waals surface area contributed by atoms with Gasteiger partial charge < -0.3 is 5.21 Å². The van der Waals surface area contributed by atoms with Gasteiger partial charge in [0.15, 0.2) is 11.9 Å². The number of aryl methyl sites for hydroxylation is 1. The molecular weight excluding hydrogens is 126 g/mol. The predicted octanol–water partition coefficient (Wildman–Crippen LogP) is 1.65. The van der Waals surface area contributed by atoms with Crippen molar-refractivity contribution in [1.29, 1.82) is 0 Å². The normalized spacial score (nSPS) is 7.90. The molecule has 0 aliphatic heterocycles. The van der Waals surface area contributed by atoms with Crippen molar-refractivity contribution in [2.45, 2.75) is 20.8 Å². The van der Waals surface area contributed by atoms with Gasteiger partial charge in [0.1, 0.15) is 0 Å². The molecule has 1 aromatic heterocycles. The second-order valence-corrected chi connectivity index (χ2v) is 1.67. The van der Waals surface area contributed by atoms with Crippen LogP contribution in [0.3, 0.4) is 0 Å². The third-order valence-electron chi connectivity index (χ3n) is 1.02. The van der Waals surface area contributed by atoms with E-state index in [4.69, 9.17) is 0 Å². The number of pyridine rings is 1. The fourth-order valence-corrected chi connectivity index (χ4v) is 0.514. The molecule has 0 atom stereocenters. The molecule has 0 aliphatic carbocycles. The number of aromatic nitrogens is 1. The molecule has 1 rings (SSSR count). The fourth-order valence-electron chi connectivity index (χ4n) is 0.514. The van der Waals surface area contributed by atoms with Crippen LogP contribution in [0.15, 0.2) is 24.4 Å². The largest absolute Gasteiger partial charge is 0.619 e. The van der Waals surface area contributed by atoms with E-state index in [0.29, 0.717) is 0 Å². The summed E-state index contributed by atoms with van der Waals surface area (Å²) < 4.78 is 0.833. The summed E-state index contributed by atoms with van der Waals surface area (Å²) in [5.74, 6) is 0. The Kier molecular flexibility index (Phi) is 4.29. The van der Waals surface area contributed by atoms with Gasteiger partial charge in [-0.3, -0.25) is 0 Å². The van der Waals surface area contributed by atoms with Gasteiger partial charge in [-0.25, -0.2) is 0 Å². The van der Waals surface area contributed by atoms with Crippen LogP contribution < -0.4 is 4.73 Å². The summed E-state index contributed by atoms with van der Waals surface area (Å²) in [7, 11) is 0. The Balaban J connectivity index is 0.000000371. The highest BCUT2D eigenvalue weighted by Gasteiger charge is 1.89. The van der Waals surface area contributed by atoms with E-state index in [-0.39, 0.29) is 0 Å². The summed E-state index contributed by atoms with van der Waals surface area (Å²) in [5, 5.41) is 10.5. The molecule has 0 bridgehead atoms. The maximum Gasteiger partial charge on any atom is 0.189 e. The molecule has 0 radical (unpaired) electrons. The van der Waals surface area contributed by atoms with Gasteiger partial charge in [-0.15, -0.1) is 0 Å². The zero-order valence-electron chi connectivity index (χ0n) is 6.66. The standard InChI is InChI=1S/C6H7NO.C2H6/c1-6-4-2-3-5-7(6)8;1-2/h2-5H,1H3;1-2H3. The van der Waals surface area contributed by atoms with Crippen LogP contribution >= 0.6 is 0 Å². The van der Waals surface area contributed by atoms with Gasteiger partial charge in [0, 0.05) is 19.1 Å². The Morgan fingerprint density at radius 3 is 2.20 bits per heavy atom. The molecule has 0 spiro atoms. The first-order chi connectivity index (χ1) is 4.80. The monoisotopic (exact) mass is 139 g/mol. The number of hydrogen-bond acceptors (Lipinski definition) is 1. The Bertz CT molecular complexity index is 165. The van der Waals surface area contributed by atoms with Crippen molar-refractivity contribution in [2.75, 3.05) is 0 Å². The van der Waals surface area contributed by atoms with E-state index in [2.05, 4.69) is 0 Å². The Labute approximate surface area is 61.7 Å². The molecule has 1 aromatic rings. The third kappa shape index (κ3) is 2.49. The maximum absolute atomic E-state index is 10.5. The lowest BCUT2D eigenvalue weighted by atomic mass is 10.4. The average Bonchev–Trinajstić information content (AvgIpc) is 2.00. The van der Waals surface area contributed by atoms with Gasteiger partial charge in [0.2, 0.25) is 0 Å². The van der Waals surface area contributed by atoms with Crippen LogP contribution in [0, 0.1) is 12.1 Å². The molecular formula is C8H13NO. The Hall–Kier alpha value is -1.05. The average molecular weight is 139 g/mol. The summed E-state index contributed by atoms with van der Waals surface area (Å²) in [6, 6.07) is 5.32. The van der Waals surface area contributed by atoms with Crippen molar-refractivity contribution < 1.29 is 4.73 Å². The summed E-state index contributed by atoms with van der Waals surface area (Å²) in [6.45, 7) is 5.77. The highest BCUT2D eigenvalue weighted by Crippen LogP contribution is 1.83. The van der Waals surface area contributed by atoms with Crippen molar-refractivity contribution in [3.05, 3.63) is 35.3 Å². The number of nitrogens with zero attached hydrogens (tertiary/aromatic N) is 1. The summed E-state index contributed by atoms with van der Waals surface area (Å²) >= 11 is 0. The van der Waals surface area contributed by atoms with Gasteiger partial charge in [-0.2, -0.15) is 4.73 Å². The molecule has 0 amide bonds. The lowest BCUT2D eigenvalue weighted by Gasteiger charge is -1.95. The van der Waals surface area contributed by atoms with Gasteiger partial charge in [-0.1, -0.05) is 19.9 Å². The number of rotatable bonds is 0. The van der Waals surface area contributed by atoms with Crippen molar-refractivity contribution in [3.8, 4) is 0 Å². The summed E-state index contributed by atoms with van der Waals surface area (Å²) in [5.41, 5.74) is 0.729. The van der Waals surface area contributed by atoms with E-state index in [9.17, 15) is 5.21 Å². The molecule has 0 aromatic carbocycles. The van der Waals surface area contributed by atoms with Gasteiger partial charge in [0.25, 0.3) is 0 Å². The smallest absolute Gasteiger partial charge is 0.189 e. The molecule has 0 saturated carbocycles. The molecule has 1 heterocycles. The van der Waals surface area contributed by atoms with Crippen LogP contribution in [0.1, 0.15) is 19.5 Å². The van der Waals surface area contributed by atoms with Crippen molar-refractivity contribution in [3.63, 3.8) is 0 Å². The molecule has 0 N–H and O–H groups in total. The fraction of sp³-hybridized carbons (Fsp3) is 0.375. The molecule has 0 unspecified atom stereocenters. The number of hydrogen-bond donors (Lipinski definition) is 0. The second kappa shape index (κ2) is 4.79. The topological polar surface area (TPSA) is 26.9 Å². The molecule has 0 fully saturated rings. The second-order valence-electron chi connectivity index (χ2n) is 1.67.